The summed E-state index contributed by atoms with van der Waals surface area (Å²) in [7, 11) is 0. The number of nitrogens with zero attached hydrogens (tertiary/aromatic N) is 4. The number of piperidine rings is 2. The molecule has 2 atom stereocenters. The number of pyridine rings is 1. The topological polar surface area (TPSA) is 100 Å². The van der Waals surface area contributed by atoms with E-state index in [0.717, 1.165) is 17.8 Å². The second-order valence-electron chi connectivity index (χ2n) is 13.1. The highest BCUT2D eigenvalue weighted by Crippen LogP contribution is 2.48. The number of halogens is 1. The summed E-state index contributed by atoms with van der Waals surface area (Å²) in [6, 6.07) is 16.2. The number of likely N-dealkylation sites (tertiary alicyclic amines) is 1. The molecule has 2 N–H and O–H groups in total. The van der Waals surface area contributed by atoms with Gasteiger partial charge in [-0.3, -0.25) is 29.5 Å². The molecule has 4 aromatic rings. The van der Waals surface area contributed by atoms with Crippen LogP contribution in [0.25, 0.3) is 22.2 Å². The van der Waals surface area contributed by atoms with Gasteiger partial charge in [0.1, 0.15) is 5.82 Å². The van der Waals surface area contributed by atoms with Crippen molar-refractivity contribution in [2.24, 2.45) is 5.41 Å². The summed E-state index contributed by atoms with van der Waals surface area (Å²) in [6.45, 7) is 5.90. The van der Waals surface area contributed by atoms with Crippen LogP contribution in [-0.4, -0.2) is 49.7 Å². The third-order valence-corrected chi connectivity index (χ3v) is 9.62. The maximum absolute atomic E-state index is 16.2. The number of aromatic nitrogens is 3. The predicted octanol–water partition coefficient (Wildman–Crippen LogP) is 5.21. The van der Waals surface area contributed by atoms with Crippen molar-refractivity contribution in [2.45, 2.75) is 70.1 Å². The van der Waals surface area contributed by atoms with Gasteiger partial charge in [0.15, 0.2) is 0 Å². The third kappa shape index (κ3) is 5.04. The molecule has 3 aliphatic rings. The maximum atomic E-state index is 16.2. The van der Waals surface area contributed by atoms with E-state index in [9.17, 15) is 14.7 Å². The molecule has 1 aliphatic carbocycles. The number of hydrogen-bond acceptors (Lipinski definition) is 6. The molecule has 43 heavy (non-hydrogen) atoms. The molecule has 2 aromatic heterocycles. The lowest BCUT2D eigenvalue weighted by Gasteiger charge is -2.50. The van der Waals surface area contributed by atoms with Crippen LogP contribution in [0.3, 0.4) is 0 Å². The van der Waals surface area contributed by atoms with Gasteiger partial charge in [-0.05, 0) is 55.0 Å². The first-order valence-corrected chi connectivity index (χ1v) is 15.1. The average molecular weight is 582 g/mol. The lowest BCUT2D eigenvalue weighted by Crippen LogP contribution is -2.55. The second-order valence-corrected chi connectivity index (χ2v) is 13.1. The van der Waals surface area contributed by atoms with E-state index in [4.69, 9.17) is 5.10 Å². The summed E-state index contributed by atoms with van der Waals surface area (Å²) in [5.41, 5.74) is 2.49. The van der Waals surface area contributed by atoms with Crippen LogP contribution in [0.2, 0.25) is 0 Å². The van der Waals surface area contributed by atoms with Crippen LogP contribution in [0.4, 0.5) is 4.39 Å². The van der Waals surface area contributed by atoms with Crippen LogP contribution in [0.1, 0.15) is 74.6 Å². The molecule has 3 fully saturated rings. The minimum absolute atomic E-state index is 0.233. The van der Waals surface area contributed by atoms with Gasteiger partial charge in [0.25, 0.3) is 0 Å². The van der Waals surface area contributed by atoms with Crippen molar-refractivity contribution in [2.75, 3.05) is 13.1 Å². The highest BCUT2D eigenvalue weighted by atomic mass is 19.1. The largest absolute Gasteiger partial charge is 0.384 e. The van der Waals surface area contributed by atoms with Crippen molar-refractivity contribution in [3.05, 3.63) is 83.4 Å². The minimum atomic E-state index is -1.39. The van der Waals surface area contributed by atoms with Gasteiger partial charge in [-0.2, -0.15) is 5.10 Å². The molecular weight excluding hydrogens is 545 g/mol. The zero-order chi connectivity index (χ0) is 29.9. The molecular formula is C34H36FN5O3. The maximum Gasteiger partial charge on any atom is 0.234 e. The minimum Gasteiger partial charge on any atom is -0.384 e. The number of hydrogen-bond donors (Lipinski definition) is 2. The van der Waals surface area contributed by atoms with E-state index >= 15 is 4.39 Å². The Labute approximate surface area is 249 Å². The fourth-order valence-electron chi connectivity index (χ4n) is 6.84. The summed E-state index contributed by atoms with van der Waals surface area (Å²) in [4.78, 5) is 30.8. The number of carbonyl (C=O) groups is 2. The summed E-state index contributed by atoms with van der Waals surface area (Å²) in [5.74, 6) is -1.76. The zero-order valence-corrected chi connectivity index (χ0v) is 24.5. The fourth-order valence-corrected chi connectivity index (χ4v) is 6.84. The molecule has 0 spiro atoms. The van der Waals surface area contributed by atoms with E-state index in [1.807, 2.05) is 13.8 Å². The molecule has 8 nitrogen and oxygen atoms in total. The normalized spacial score (nSPS) is 24.3. The lowest BCUT2D eigenvalue weighted by molar-refractivity contribution is -0.134. The standard InChI is InChI=1S/C34H36FN5O3/c1-33(2)20-39(19-21-3-5-22(6-4-21)28-13-15-40(38-28)24-7-8-24)16-14-34(33,43)27-10-11-29-26(31(27)35)17-23(18-36-29)25-9-12-30(41)37-32(25)42/h3-6,10-11,13,15,17-18,24-25,43H,7-9,12,14,16,19-20H2,1-2H3,(H,37,41,42)/t25-,34+/m1/s1. The lowest BCUT2D eigenvalue weighted by atomic mass is 9.66. The van der Waals surface area contributed by atoms with E-state index in [2.05, 4.69) is 56.4 Å². The fraction of sp³-hybridized carbons (Fsp3) is 0.412. The molecule has 4 heterocycles. The highest BCUT2D eigenvalue weighted by molar-refractivity contribution is 6.01. The number of carbonyl (C=O) groups excluding carboxylic acids is 2. The van der Waals surface area contributed by atoms with E-state index in [1.54, 1.807) is 24.4 Å². The zero-order valence-electron chi connectivity index (χ0n) is 24.5. The third-order valence-electron chi connectivity index (χ3n) is 9.62. The Morgan fingerprint density at radius 1 is 1.07 bits per heavy atom. The summed E-state index contributed by atoms with van der Waals surface area (Å²) >= 11 is 0. The number of imide groups is 1. The molecule has 222 valence electrons. The van der Waals surface area contributed by atoms with Crippen LogP contribution in [0.15, 0.2) is 60.9 Å². The smallest absolute Gasteiger partial charge is 0.234 e. The molecule has 0 bridgehead atoms. The van der Waals surface area contributed by atoms with Gasteiger partial charge in [0.05, 0.1) is 28.8 Å². The van der Waals surface area contributed by atoms with Crippen molar-refractivity contribution >= 4 is 22.7 Å². The molecule has 1 saturated carbocycles. The van der Waals surface area contributed by atoms with Gasteiger partial charge in [0.2, 0.25) is 11.8 Å². The first-order chi connectivity index (χ1) is 20.6. The first kappa shape index (κ1) is 27.9. The van der Waals surface area contributed by atoms with Crippen LogP contribution in [0.5, 0.6) is 0 Å². The molecule has 2 aromatic carbocycles. The average Bonchev–Trinajstić information content (AvgIpc) is 3.72. The van der Waals surface area contributed by atoms with Crippen molar-refractivity contribution in [1.82, 2.24) is 25.0 Å². The first-order valence-electron chi connectivity index (χ1n) is 15.1. The number of amides is 2. The number of fused-ring (bicyclic) bond motifs is 1. The molecule has 2 aliphatic heterocycles. The summed E-state index contributed by atoms with van der Waals surface area (Å²) in [6.07, 6.45) is 7.02. The highest BCUT2D eigenvalue weighted by Gasteiger charge is 2.50. The molecule has 0 unspecified atom stereocenters. The molecule has 7 rings (SSSR count). The van der Waals surface area contributed by atoms with Crippen molar-refractivity contribution < 1.29 is 19.1 Å². The Balaban J connectivity index is 1.09. The van der Waals surface area contributed by atoms with Gasteiger partial charge in [-0.1, -0.05) is 44.2 Å². The van der Waals surface area contributed by atoms with Crippen LogP contribution >= 0.6 is 0 Å². The van der Waals surface area contributed by atoms with Gasteiger partial charge in [0, 0.05) is 60.4 Å². The van der Waals surface area contributed by atoms with E-state index in [0.29, 0.717) is 43.1 Å². The Morgan fingerprint density at radius 2 is 1.86 bits per heavy atom. The van der Waals surface area contributed by atoms with E-state index in [-0.39, 0.29) is 29.2 Å². The van der Waals surface area contributed by atoms with Crippen LogP contribution in [0, 0.1) is 11.2 Å². The number of rotatable bonds is 6. The predicted molar refractivity (Wildman–Crippen MR) is 160 cm³/mol. The van der Waals surface area contributed by atoms with Crippen LogP contribution < -0.4 is 5.32 Å². The molecule has 2 saturated heterocycles. The molecule has 2 amide bonds. The molecule has 9 heteroatoms. The summed E-state index contributed by atoms with van der Waals surface area (Å²) < 4.78 is 18.3. The number of aliphatic hydroxyl groups is 1. The van der Waals surface area contributed by atoms with Gasteiger partial charge in [-0.25, -0.2) is 4.39 Å². The monoisotopic (exact) mass is 581 g/mol. The Hall–Kier alpha value is -3.95. The van der Waals surface area contributed by atoms with Crippen molar-refractivity contribution in [1.29, 1.82) is 0 Å². The SMILES string of the molecule is CC1(C)CN(Cc2ccc(-c3ccn(C4CC4)n3)cc2)CC[C@]1(O)c1ccc2ncc([C@H]3CCC(=O)NC3=O)cc2c1F. The van der Waals surface area contributed by atoms with Gasteiger partial charge < -0.3 is 5.11 Å². The van der Waals surface area contributed by atoms with E-state index < -0.39 is 22.8 Å². The summed E-state index contributed by atoms with van der Waals surface area (Å²) in [5, 5.41) is 19.5. The quantitative estimate of drug-likeness (QED) is 0.303. The van der Waals surface area contributed by atoms with Crippen molar-refractivity contribution in [3.63, 3.8) is 0 Å². The Bertz CT molecular complexity index is 1730. The van der Waals surface area contributed by atoms with Gasteiger partial charge >= 0.3 is 0 Å². The number of nitrogens with one attached hydrogen (secondary N) is 1. The Morgan fingerprint density at radius 3 is 2.58 bits per heavy atom. The second kappa shape index (κ2) is 10.3. The molecule has 0 radical (unpaired) electrons. The van der Waals surface area contributed by atoms with E-state index in [1.165, 1.54) is 18.4 Å². The number of benzene rings is 2. The van der Waals surface area contributed by atoms with Crippen molar-refractivity contribution in [3.8, 4) is 11.3 Å². The Kier molecular flexibility index (Phi) is 6.70. The van der Waals surface area contributed by atoms with Gasteiger partial charge in [-0.15, -0.1) is 0 Å². The van der Waals surface area contributed by atoms with Crippen LogP contribution in [-0.2, 0) is 21.7 Å².